The monoisotopic (exact) mass is 632 g/mol. The van der Waals surface area contributed by atoms with Crippen LogP contribution in [-0.2, 0) is 52.7 Å². The second-order valence-corrected chi connectivity index (χ2v) is 12.1. The fraction of sp³-hybridized carbons (Fsp3) is 0.267. The van der Waals surface area contributed by atoms with Gasteiger partial charge in [0.15, 0.2) is 5.60 Å². The van der Waals surface area contributed by atoms with Crippen molar-refractivity contribution >= 4 is 57.7 Å². The van der Waals surface area contributed by atoms with E-state index in [1.165, 1.54) is 29.6 Å². The van der Waals surface area contributed by atoms with Crippen molar-refractivity contribution in [2.75, 3.05) is 10.6 Å². The first-order chi connectivity index (χ1) is 21.4. The summed E-state index contributed by atoms with van der Waals surface area (Å²) in [4.78, 5) is 48.4. The molecule has 0 saturated heterocycles. The number of nitrogens with zero attached hydrogens (tertiary/aromatic N) is 4. The Hall–Kier alpha value is -4.82. The zero-order valence-electron chi connectivity index (χ0n) is 23.5. The third-order valence-electron chi connectivity index (χ3n) is 7.21. The summed E-state index contributed by atoms with van der Waals surface area (Å²) in [7, 11) is 0. The number of rotatable bonds is 15. The Balaban J connectivity index is 1.09. The first kappa shape index (κ1) is 30.6. The first-order valence-corrected chi connectivity index (χ1v) is 15.3. The fourth-order valence-electron chi connectivity index (χ4n) is 4.75. The molecule has 44 heavy (non-hydrogen) atoms. The zero-order chi connectivity index (χ0) is 31.0. The second kappa shape index (κ2) is 13.7. The van der Waals surface area contributed by atoms with Crippen molar-refractivity contribution in [3.05, 3.63) is 94.0 Å². The van der Waals surface area contributed by atoms with Crippen molar-refractivity contribution in [3.63, 3.8) is 0 Å². The molecule has 1 aliphatic rings. The van der Waals surface area contributed by atoms with Crippen molar-refractivity contribution in [2.45, 2.75) is 43.8 Å². The highest BCUT2D eigenvalue weighted by atomic mass is 32.1. The van der Waals surface area contributed by atoms with Crippen molar-refractivity contribution < 1.29 is 28.7 Å². The molecule has 2 aromatic carbocycles. The number of carbonyl (C=O) groups excluding carboxylic acids is 4. The summed E-state index contributed by atoms with van der Waals surface area (Å²) in [6.45, 7) is 2.12. The van der Waals surface area contributed by atoms with Gasteiger partial charge in [0.05, 0.1) is 0 Å². The molecule has 5 rings (SSSR count). The number of hydrogen-bond donors (Lipinski definition) is 2. The number of aryl methyl sites for hydroxylation is 2. The Kier molecular flexibility index (Phi) is 9.50. The number of ether oxygens (including phenoxy) is 2. The van der Waals surface area contributed by atoms with Crippen molar-refractivity contribution in [1.29, 1.82) is 0 Å². The molecule has 0 bridgehead atoms. The van der Waals surface area contributed by atoms with Crippen molar-refractivity contribution in [3.8, 4) is 0 Å². The number of amides is 2. The third-order valence-corrected chi connectivity index (χ3v) is 9.00. The second-order valence-electron chi connectivity index (χ2n) is 9.98. The van der Waals surface area contributed by atoms with Crippen LogP contribution >= 0.6 is 22.7 Å². The van der Waals surface area contributed by atoms with E-state index in [0.29, 0.717) is 40.7 Å². The van der Waals surface area contributed by atoms with Gasteiger partial charge in [-0.2, -0.15) is 0 Å². The SMILES string of the molecule is C[C@@](OC=O)(C(=O)Nc1nnc(CCCCc2nnc(NC(=O)C3C=C[C@]3(OC=O)c3ccccc3)s2)s1)c1ccccc1. The van der Waals surface area contributed by atoms with Crippen LogP contribution in [0.1, 0.15) is 40.9 Å². The van der Waals surface area contributed by atoms with E-state index in [2.05, 4.69) is 31.0 Å². The lowest BCUT2D eigenvalue weighted by Crippen LogP contribution is -2.47. The number of unbranched alkanes of at least 4 members (excludes halogenated alkanes) is 1. The van der Waals surface area contributed by atoms with Crippen LogP contribution in [-0.4, -0.2) is 45.2 Å². The molecule has 0 spiro atoms. The molecule has 3 atom stereocenters. The summed E-state index contributed by atoms with van der Waals surface area (Å²) in [6.07, 6.45) is 6.27. The average molecular weight is 633 g/mol. The molecule has 1 unspecified atom stereocenters. The molecule has 2 N–H and O–H groups in total. The van der Waals surface area contributed by atoms with Gasteiger partial charge in [-0.25, -0.2) is 0 Å². The van der Waals surface area contributed by atoms with E-state index < -0.39 is 23.0 Å². The fourth-order valence-corrected chi connectivity index (χ4v) is 6.31. The maximum atomic E-state index is 13.0. The van der Waals surface area contributed by atoms with Crippen molar-refractivity contribution in [1.82, 2.24) is 20.4 Å². The Bertz CT molecular complexity index is 1650. The van der Waals surface area contributed by atoms with Crippen LogP contribution in [0.2, 0.25) is 0 Å². The highest BCUT2D eigenvalue weighted by Crippen LogP contribution is 2.43. The molecule has 0 saturated carbocycles. The van der Waals surface area contributed by atoms with Crippen molar-refractivity contribution in [2.24, 2.45) is 5.92 Å². The predicted octanol–water partition coefficient (Wildman–Crippen LogP) is 4.17. The number of benzene rings is 2. The summed E-state index contributed by atoms with van der Waals surface area (Å²) in [6, 6.07) is 17.8. The van der Waals surface area contributed by atoms with E-state index in [-0.39, 0.29) is 12.4 Å². The lowest BCUT2D eigenvalue weighted by atomic mass is 9.72. The Morgan fingerprint density at radius 1 is 0.864 bits per heavy atom. The van der Waals surface area contributed by atoms with Gasteiger partial charge in [0.25, 0.3) is 18.9 Å². The average Bonchev–Trinajstić information content (AvgIpc) is 3.67. The van der Waals surface area contributed by atoms with Gasteiger partial charge in [-0.05, 0) is 25.8 Å². The minimum absolute atomic E-state index is 0.250. The summed E-state index contributed by atoms with van der Waals surface area (Å²) in [5, 5.41) is 24.2. The first-order valence-electron chi connectivity index (χ1n) is 13.7. The lowest BCUT2D eigenvalue weighted by Gasteiger charge is -2.40. The van der Waals surface area contributed by atoms with Crippen LogP contribution in [0.3, 0.4) is 0 Å². The standard InChI is InChI=1S/C30H28N6O6S2/c1-29(41-18-37,20-10-4-2-5-11-20)26(40)32-28-36-34-24(44-28)15-9-8-14-23-33-35-27(43-23)31-25(39)22-16-17-30(22,42-19-38)21-12-6-3-7-13-21/h2-7,10-13,16-19,22H,8-9,14-15H2,1H3,(H,31,35,39)(H,32,36,40)/t22?,29-,30-/m0/s1. The summed E-state index contributed by atoms with van der Waals surface area (Å²) < 4.78 is 10.6. The molecular weight excluding hydrogens is 605 g/mol. The van der Waals surface area contributed by atoms with Gasteiger partial charge in [-0.1, -0.05) is 89.4 Å². The maximum absolute atomic E-state index is 13.0. The smallest absolute Gasteiger partial charge is 0.294 e. The number of hydrogen-bond acceptors (Lipinski definition) is 12. The molecular formula is C30H28N6O6S2. The van der Waals surface area contributed by atoms with E-state index in [1.807, 2.05) is 30.3 Å². The normalized spacial score (nSPS) is 18.3. The number of anilines is 2. The van der Waals surface area contributed by atoms with Crippen LogP contribution in [0.5, 0.6) is 0 Å². The Morgan fingerprint density at radius 3 is 2.00 bits per heavy atom. The molecule has 12 nitrogen and oxygen atoms in total. The summed E-state index contributed by atoms with van der Waals surface area (Å²) in [5.41, 5.74) is -1.44. The van der Waals surface area contributed by atoms with Gasteiger partial charge < -0.3 is 9.47 Å². The molecule has 226 valence electrons. The van der Waals surface area contributed by atoms with Gasteiger partial charge in [-0.15, -0.1) is 20.4 Å². The van der Waals surface area contributed by atoms with Crippen LogP contribution in [0, 0.1) is 5.92 Å². The van der Waals surface area contributed by atoms with E-state index in [9.17, 15) is 19.2 Å². The number of nitrogens with one attached hydrogen (secondary N) is 2. The zero-order valence-corrected chi connectivity index (χ0v) is 25.2. The molecule has 0 radical (unpaired) electrons. The van der Waals surface area contributed by atoms with Gasteiger partial charge in [0.2, 0.25) is 21.8 Å². The Labute approximate surface area is 260 Å². The molecule has 2 amide bonds. The molecule has 2 aromatic heterocycles. The third kappa shape index (κ3) is 6.55. The Morgan fingerprint density at radius 2 is 1.45 bits per heavy atom. The maximum Gasteiger partial charge on any atom is 0.294 e. The number of aromatic nitrogens is 4. The molecule has 4 aromatic rings. The predicted molar refractivity (Wildman–Crippen MR) is 163 cm³/mol. The number of carbonyl (C=O) groups is 4. The summed E-state index contributed by atoms with van der Waals surface area (Å²) in [5.74, 6) is -1.58. The minimum atomic E-state index is -1.52. The highest BCUT2D eigenvalue weighted by Gasteiger charge is 2.49. The van der Waals surface area contributed by atoms with Crippen LogP contribution in [0.15, 0.2) is 72.8 Å². The van der Waals surface area contributed by atoms with E-state index >= 15 is 0 Å². The van der Waals surface area contributed by atoms with E-state index in [1.54, 1.807) is 42.5 Å². The van der Waals surface area contributed by atoms with Crippen LogP contribution in [0.25, 0.3) is 0 Å². The molecule has 1 aliphatic carbocycles. The van der Waals surface area contributed by atoms with Crippen LogP contribution in [0.4, 0.5) is 10.3 Å². The molecule has 14 heteroatoms. The largest absolute Gasteiger partial charge is 0.451 e. The minimum Gasteiger partial charge on any atom is -0.451 e. The molecule has 0 aliphatic heterocycles. The molecule has 2 heterocycles. The lowest BCUT2D eigenvalue weighted by molar-refractivity contribution is -0.154. The highest BCUT2D eigenvalue weighted by molar-refractivity contribution is 7.15. The van der Waals surface area contributed by atoms with Gasteiger partial charge in [0.1, 0.15) is 15.9 Å². The quantitative estimate of drug-likeness (QED) is 0.110. The van der Waals surface area contributed by atoms with Gasteiger partial charge >= 0.3 is 0 Å². The topological polar surface area (TPSA) is 162 Å². The van der Waals surface area contributed by atoms with Gasteiger partial charge in [0, 0.05) is 24.0 Å². The van der Waals surface area contributed by atoms with Gasteiger partial charge in [-0.3, -0.25) is 29.8 Å². The van der Waals surface area contributed by atoms with Crippen LogP contribution < -0.4 is 10.6 Å². The van der Waals surface area contributed by atoms with E-state index in [0.717, 1.165) is 22.9 Å². The van der Waals surface area contributed by atoms with E-state index in [4.69, 9.17) is 9.47 Å². The molecule has 0 fully saturated rings. The summed E-state index contributed by atoms with van der Waals surface area (Å²) >= 11 is 2.54.